The Morgan fingerprint density at radius 2 is 1.44 bits per heavy atom. The molecule has 0 radical (unpaired) electrons. The standard InChI is InChI=1S/C7H6F7NO3/c1-2(3(16)17)15-4(18)5(8,9)6(10,11)7(12,13)14/h2H,1H3,(H,15,18)(H,16,17)/p-1/t2-/m1/s1. The summed E-state index contributed by atoms with van der Waals surface area (Å²) in [5, 5.41) is 10.8. The van der Waals surface area contributed by atoms with Crippen LogP contribution >= 0.6 is 0 Å². The van der Waals surface area contributed by atoms with E-state index in [9.17, 15) is 45.4 Å². The molecule has 0 spiro atoms. The number of carbonyl (C=O) groups is 2. The molecular formula is C7H5F7NO3-. The normalized spacial score (nSPS) is 15.1. The minimum Gasteiger partial charge on any atom is -0.548 e. The van der Waals surface area contributed by atoms with E-state index in [-0.39, 0.29) is 0 Å². The molecule has 1 N–H and O–H groups in total. The van der Waals surface area contributed by atoms with E-state index < -0.39 is 35.9 Å². The zero-order valence-corrected chi connectivity index (χ0v) is 8.45. The fraction of sp³-hybridized carbons (Fsp3) is 0.714. The summed E-state index contributed by atoms with van der Waals surface area (Å²) in [4.78, 5) is 20.6. The second-order valence-corrected chi connectivity index (χ2v) is 3.16. The van der Waals surface area contributed by atoms with Gasteiger partial charge in [-0.05, 0) is 6.92 Å². The van der Waals surface area contributed by atoms with Crippen molar-refractivity contribution in [2.75, 3.05) is 0 Å². The van der Waals surface area contributed by atoms with Crippen LogP contribution in [0.5, 0.6) is 0 Å². The average molecular weight is 284 g/mol. The van der Waals surface area contributed by atoms with Gasteiger partial charge in [0.05, 0.1) is 12.0 Å². The molecule has 11 heteroatoms. The third kappa shape index (κ3) is 2.82. The van der Waals surface area contributed by atoms with E-state index in [0.717, 1.165) is 5.32 Å². The first kappa shape index (κ1) is 16.4. The average Bonchev–Trinajstić information content (AvgIpc) is 2.14. The van der Waals surface area contributed by atoms with Crippen molar-refractivity contribution in [1.82, 2.24) is 5.32 Å². The lowest BCUT2D eigenvalue weighted by Crippen LogP contribution is -2.61. The molecule has 0 aliphatic rings. The molecule has 0 saturated carbocycles. The summed E-state index contributed by atoms with van der Waals surface area (Å²) >= 11 is 0. The number of carboxylic acid groups (broad SMARTS) is 1. The Labute approximate surface area is 94.8 Å². The van der Waals surface area contributed by atoms with E-state index in [1.165, 1.54) is 0 Å². The van der Waals surface area contributed by atoms with Crippen LogP contribution in [0.15, 0.2) is 0 Å². The highest BCUT2D eigenvalue weighted by Crippen LogP contribution is 2.46. The number of hydrogen-bond donors (Lipinski definition) is 1. The molecule has 0 heterocycles. The van der Waals surface area contributed by atoms with Crippen molar-refractivity contribution in [3.63, 3.8) is 0 Å². The van der Waals surface area contributed by atoms with Crippen LogP contribution in [0.4, 0.5) is 30.7 Å². The van der Waals surface area contributed by atoms with Gasteiger partial charge in [0.1, 0.15) is 0 Å². The molecule has 18 heavy (non-hydrogen) atoms. The van der Waals surface area contributed by atoms with Gasteiger partial charge in [0.2, 0.25) is 0 Å². The maximum Gasteiger partial charge on any atom is 0.460 e. The van der Waals surface area contributed by atoms with Crippen LogP contribution in [0, 0.1) is 0 Å². The van der Waals surface area contributed by atoms with E-state index in [1.807, 2.05) is 0 Å². The molecule has 0 aliphatic carbocycles. The SMILES string of the molecule is C[C@@H](NC(=O)C(F)(F)C(F)(F)C(F)(F)F)C(=O)[O-]. The number of carboxylic acids is 1. The monoisotopic (exact) mass is 284 g/mol. The number of hydrogen-bond acceptors (Lipinski definition) is 3. The molecule has 0 aromatic heterocycles. The van der Waals surface area contributed by atoms with Crippen LogP contribution in [0.1, 0.15) is 6.92 Å². The van der Waals surface area contributed by atoms with Gasteiger partial charge in [-0.2, -0.15) is 30.7 Å². The molecule has 0 saturated heterocycles. The van der Waals surface area contributed by atoms with Crippen molar-refractivity contribution in [1.29, 1.82) is 0 Å². The van der Waals surface area contributed by atoms with Gasteiger partial charge in [0.15, 0.2) is 0 Å². The third-order valence-corrected chi connectivity index (χ3v) is 1.74. The minimum atomic E-state index is -6.67. The fourth-order valence-electron chi connectivity index (χ4n) is 0.667. The highest BCUT2D eigenvalue weighted by molar-refractivity contribution is 5.88. The fourth-order valence-corrected chi connectivity index (χ4v) is 0.667. The van der Waals surface area contributed by atoms with Crippen LogP contribution in [-0.2, 0) is 9.59 Å². The topological polar surface area (TPSA) is 69.2 Å². The van der Waals surface area contributed by atoms with Crippen LogP contribution in [-0.4, -0.2) is 35.9 Å². The van der Waals surface area contributed by atoms with Crippen LogP contribution < -0.4 is 10.4 Å². The van der Waals surface area contributed by atoms with Gasteiger partial charge in [-0.15, -0.1) is 0 Å². The Bertz CT molecular complexity index is 351. The molecular weight excluding hydrogens is 279 g/mol. The maximum atomic E-state index is 12.6. The Morgan fingerprint density at radius 1 is 1.06 bits per heavy atom. The number of nitrogens with one attached hydrogen (secondary N) is 1. The smallest absolute Gasteiger partial charge is 0.460 e. The first-order valence-corrected chi connectivity index (χ1v) is 4.09. The highest BCUT2D eigenvalue weighted by atomic mass is 19.4. The van der Waals surface area contributed by atoms with Gasteiger partial charge < -0.3 is 15.2 Å². The van der Waals surface area contributed by atoms with Crippen LogP contribution in [0.3, 0.4) is 0 Å². The number of halogens is 7. The number of amides is 1. The molecule has 1 amide bonds. The number of carbonyl (C=O) groups excluding carboxylic acids is 2. The number of rotatable bonds is 4. The Kier molecular flexibility index (Phi) is 4.21. The van der Waals surface area contributed by atoms with Crippen molar-refractivity contribution < 1.29 is 45.4 Å². The van der Waals surface area contributed by atoms with E-state index >= 15 is 0 Å². The molecule has 4 nitrogen and oxygen atoms in total. The number of aliphatic carboxylic acids is 1. The number of alkyl halides is 7. The van der Waals surface area contributed by atoms with Crippen LogP contribution in [0.25, 0.3) is 0 Å². The zero-order chi connectivity index (χ0) is 14.9. The van der Waals surface area contributed by atoms with Crippen molar-refractivity contribution in [3.8, 4) is 0 Å². The zero-order valence-electron chi connectivity index (χ0n) is 8.45. The van der Waals surface area contributed by atoms with Gasteiger partial charge in [-0.1, -0.05) is 0 Å². The summed E-state index contributed by atoms with van der Waals surface area (Å²) in [6.45, 7) is 0.551. The highest BCUT2D eigenvalue weighted by Gasteiger charge is 2.76. The quantitative estimate of drug-likeness (QED) is 0.743. The lowest BCUT2D eigenvalue weighted by Gasteiger charge is -2.28. The summed E-state index contributed by atoms with van der Waals surface area (Å²) in [6, 6.07) is -2.16. The van der Waals surface area contributed by atoms with Crippen LogP contribution in [0.2, 0.25) is 0 Å². The largest absolute Gasteiger partial charge is 0.548 e. The third-order valence-electron chi connectivity index (χ3n) is 1.74. The predicted octanol–water partition coefficient (Wildman–Crippen LogP) is 0.0739. The van der Waals surface area contributed by atoms with Gasteiger partial charge in [0.25, 0.3) is 5.91 Å². The van der Waals surface area contributed by atoms with Crippen molar-refractivity contribution in [3.05, 3.63) is 0 Å². The second kappa shape index (κ2) is 4.61. The Balaban J connectivity index is 5.16. The molecule has 0 fully saturated rings. The van der Waals surface area contributed by atoms with E-state index in [2.05, 4.69) is 0 Å². The van der Waals surface area contributed by atoms with Crippen molar-refractivity contribution in [2.24, 2.45) is 0 Å². The first-order valence-electron chi connectivity index (χ1n) is 4.09. The lowest BCUT2D eigenvalue weighted by molar-refractivity contribution is -0.344. The molecule has 0 aliphatic heterocycles. The van der Waals surface area contributed by atoms with Gasteiger partial charge in [0, 0.05) is 0 Å². The molecule has 0 bridgehead atoms. The summed E-state index contributed by atoms with van der Waals surface area (Å²) in [5.41, 5.74) is 0. The van der Waals surface area contributed by atoms with Gasteiger partial charge in [-0.3, -0.25) is 4.79 Å². The molecule has 106 valence electrons. The van der Waals surface area contributed by atoms with E-state index in [0.29, 0.717) is 6.92 Å². The Morgan fingerprint density at radius 3 is 1.72 bits per heavy atom. The molecule has 0 rings (SSSR count). The van der Waals surface area contributed by atoms with Crippen molar-refractivity contribution >= 4 is 11.9 Å². The summed E-state index contributed by atoms with van der Waals surface area (Å²) in [7, 11) is 0. The van der Waals surface area contributed by atoms with Crippen molar-refractivity contribution in [2.45, 2.75) is 31.0 Å². The molecule has 1 atom stereocenters. The summed E-state index contributed by atoms with van der Waals surface area (Å²) in [5.74, 6) is -18.0. The molecule has 0 aromatic rings. The van der Waals surface area contributed by atoms with Gasteiger partial charge in [-0.25, -0.2) is 0 Å². The van der Waals surface area contributed by atoms with E-state index in [4.69, 9.17) is 0 Å². The summed E-state index contributed by atoms with van der Waals surface area (Å²) < 4.78 is 84.8. The Hall–Kier alpha value is -1.55. The molecule has 0 unspecified atom stereocenters. The van der Waals surface area contributed by atoms with Gasteiger partial charge >= 0.3 is 18.0 Å². The lowest BCUT2D eigenvalue weighted by atomic mass is 10.1. The first-order chi connectivity index (χ1) is 7.75. The summed E-state index contributed by atoms with van der Waals surface area (Å²) in [6.07, 6.45) is -6.67. The molecule has 0 aromatic carbocycles. The second-order valence-electron chi connectivity index (χ2n) is 3.16. The predicted molar refractivity (Wildman–Crippen MR) is 38.6 cm³/mol. The maximum absolute atomic E-state index is 12.6. The minimum absolute atomic E-state index is 0.551. The van der Waals surface area contributed by atoms with E-state index in [1.54, 1.807) is 0 Å².